The summed E-state index contributed by atoms with van der Waals surface area (Å²) in [6, 6.07) is 12.9. The van der Waals surface area contributed by atoms with Crippen LogP contribution in [0.4, 0.5) is 4.39 Å². The highest BCUT2D eigenvalue weighted by Gasteiger charge is 2.16. The van der Waals surface area contributed by atoms with E-state index in [9.17, 15) is 4.39 Å². The molecule has 1 saturated heterocycles. The van der Waals surface area contributed by atoms with Gasteiger partial charge < -0.3 is 5.32 Å². The number of hydrogen-bond donors (Lipinski definition) is 1. The Morgan fingerprint density at radius 2 is 2.00 bits per heavy atom. The van der Waals surface area contributed by atoms with E-state index < -0.39 is 0 Å². The van der Waals surface area contributed by atoms with Crippen LogP contribution in [0.3, 0.4) is 0 Å². The molecule has 3 rings (SSSR count). The lowest BCUT2D eigenvalue weighted by molar-refractivity contribution is 0.454. The molecule has 1 aliphatic heterocycles. The summed E-state index contributed by atoms with van der Waals surface area (Å²) in [6.45, 7) is 2.14. The lowest BCUT2D eigenvalue weighted by Gasteiger charge is -2.22. The van der Waals surface area contributed by atoms with Crippen molar-refractivity contribution in [2.75, 3.05) is 13.1 Å². The number of pyridine rings is 1. The van der Waals surface area contributed by atoms with Crippen molar-refractivity contribution in [3.63, 3.8) is 0 Å². The highest BCUT2D eigenvalue weighted by Crippen LogP contribution is 2.22. The van der Waals surface area contributed by atoms with E-state index in [1.54, 1.807) is 0 Å². The van der Waals surface area contributed by atoms with Crippen LogP contribution in [0.2, 0.25) is 0 Å². The van der Waals surface area contributed by atoms with E-state index >= 15 is 0 Å². The SMILES string of the molecule is Fc1ccc(Cc2cccc([C@@H]3CCCNC3)n2)cc1. The molecular weight excluding hydrogens is 251 g/mol. The van der Waals surface area contributed by atoms with Crippen molar-refractivity contribution >= 4 is 0 Å². The van der Waals surface area contributed by atoms with Gasteiger partial charge in [0.2, 0.25) is 0 Å². The molecule has 0 radical (unpaired) electrons. The van der Waals surface area contributed by atoms with E-state index in [-0.39, 0.29) is 5.82 Å². The number of aromatic nitrogens is 1. The lowest BCUT2D eigenvalue weighted by Crippen LogP contribution is -2.28. The van der Waals surface area contributed by atoms with E-state index in [4.69, 9.17) is 4.98 Å². The molecule has 1 aliphatic rings. The van der Waals surface area contributed by atoms with Crippen molar-refractivity contribution in [2.45, 2.75) is 25.2 Å². The van der Waals surface area contributed by atoms with Crippen molar-refractivity contribution in [3.8, 4) is 0 Å². The van der Waals surface area contributed by atoms with E-state index in [1.807, 2.05) is 18.2 Å². The average Bonchev–Trinajstić information content (AvgIpc) is 2.51. The van der Waals surface area contributed by atoms with Gasteiger partial charge in [0.1, 0.15) is 5.82 Å². The molecule has 0 spiro atoms. The van der Waals surface area contributed by atoms with Gasteiger partial charge in [0.25, 0.3) is 0 Å². The lowest BCUT2D eigenvalue weighted by atomic mass is 9.95. The summed E-state index contributed by atoms with van der Waals surface area (Å²) in [4.78, 5) is 4.78. The Bertz CT molecular complexity index is 559. The molecule has 1 aromatic heterocycles. The Balaban J connectivity index is 1.75. The van der Waals surface area contributed by atoms with Crippen molar-refractivity contribution in [1.29, 1.82) is 0 Å². The van der Waals surface area contributed by atoms with Gasteiger partial charge in [0, 0.05) is 30.3 Å². The van der Waals surface area contributed by atoms with Crippen molar-refractivity contribution in [1.82, 2.24) is 10.3 Å². The third-order valence-corrected chi connectivity index (χ3v) is 3.84. The smallest absolute Gasteiger partial charge is 0.123 e. The van der Waals surface area contributed by atoms with Crippen LogP contribution in [0, 0.1) is 5.82 Å². The van der Waals surface area contributed by atoms with Gasteiger partial charge in [-0.25, -0.2) is 4.39 Å². The molecule has 0 unspecified atom stereocenters. The molecule has 3 heteroatoms. The number of benzene rings is 1. The van der Waals surface area contributed by atoms with Gasteiger partial charge in [-0.1, -0.05) is 18.2 Å². The van der Waals surface area contributed by atoms with Gasteiger partial charge in [0.05, 0.1) is 0 Å². The molecule has 2 aromatic rings. The molecule has 0 amide bonds. The fourth-order valence-corrected chi connectivity index (χ4v) is 2.74. The normalized spacial score (nSPS) is 18.9. The summed E-state index contributed by atoms with van der Waals surface area (Å²) < 4.78 is 12.9. The van der Waals surface area contributed by atoms with Crippen LogP contribution in [0.1, 0.15) is 35.7 Å². The zero-order valence-corrected chi connectivity index (χ0v) is 11.5. The van der Waals surface area contributed by atoms with Crippen LogP contribution in [0.5, 0.6) is 0 Å². The molecule has 1 aromatic carbocycles. The Morgan fingerprint density at radius 1 is 1.15 bits per heavy atom. The summed E-state index contributed by atoms with van der Waals surface area (Å²) >= 11 is 0. The topological polar surface area (TPSA) is 24.9 Å². The first-order chi connectivity index (χ1) is 9.81. The second-order valence-corrected chi connectivity index (χ2v) is 5.40. The maximum Gasteiger partial charge on any atom is 0.123 e. The summed E-state index contributed by atoms with van der Waals surface area (Å²) in [5.41, 5.74) is 3.33. The molecule has 2 heterocycles. The molecule has 1 N–H and O–H groups in total. The second-order valence-electron chi connectivity index (χ2n) is 5.40. The van der Waals surface area contributed by atoms with Gasteiger partial charge in [-0.2, -0.15) is 0 Å². The Kier molecular flexibility index (Phi) is 4.07. The predicted molar refractivity (Wildman–Crippen MR) is 78.3 cm³/mol. The molecule has 0 saturated carbocycles. The highest BCUT2D eigenvalue weighted by atomic mass is 19.1. The number of halogens is 1. The summed E-state index contributed by atoms with van der Waals surface area (Å²) in [6.07, 6.45) is 3.18. The Labute approximate surface area is 119 Å². The Morgan fingerprint density at radius 3 is 2.75 bits per heavy atom. The fourth-order valence-electron chi connectivity index (χ4n) is 2.74. The van der Waals surface area contributed by atoms with Crippen LogP contribution in [0.15, 0.2) is 42.5 Å². The molecule has 1 atom stereocenters. The van der Waals surface area contributed by atoms with Crippen LogP contribution < -0.4 is 5.32 Å². The third-order valence-electron chi connectivity index (χ3n) is 3.84. The van der Waals surface area contributed by atoms with E-state index in [0.29, 0.717) is 5.92 Å². The average molecular weight is 270 g/mol. The molecule has 1 fully saturated rings. The minimum Gasteiger partial charge on any atom is -0.316 e. The maximum atomic E-state index is 12.9. The third kappa shape index (κ3) is 3.23. The molecular formula is C17H19FN2. The molecule has 104 valence electrons. The molecule has 20 heavy (non-hydrogen) atoms. The summed E-state index contributed by atoms with van der Waals surface area (Å²) in [5, 5.41) is 3.43. The summed E-state index contributed by atoms with van der Waals surface area (Å²) in [7, 11) is 0. The first-order valence-corrected chi connectivity index (χ1v) is 7.22. The van der Waals surface area contributed by atoms with Gasteiger partial charge >= 0.3 is 0 Å². The minimum absolute atomic E-state index is 0.191. The highest BCUT2D eigenvalue weighted by molar-refractivity contribution is 5.24. The number of nitrogens with one attached hydrogen (secondary N) is 1. The van der Waals surface area contributed by atoms with Gasteiger partial charge in [0.15, 0.2) is 0 Å². The number of rotatable bonds is 3. The van der Waals surface area contributed by atoms with Gasteiger partial charge in [-0.15, -0.1) is 0 Å². The van der Waals surface area contributed by atoms with Crippen molar-refractivity contribution in [3.05, 3.63) is 65.2 Å². The van der Waals surface area contributed by atoms with Crippen molar-refractivity contribution < 1.29 is 4.39 Å². The van der Waals surface area contributed by atoms with Gasteiger partial charge in [-0.05, 0) is 49.2 Å². The zero-order chi connectivity index (χ0) is 13.8. The molecule has 2 nitrogen and oxygen atoms in total. The molecule has 0 aliphatic carbocycles. The van der Waals surface area contributed by atoms with E-state index in [1.165, 1.54) is 30.7 Å². The first-order valence-electron chi connectivity index (χ1n) is 7.22. The van der Waals surface area contributed by atoms with Gasteiger partial charge in [-0.3, -0.25) is 4.98 Å². The predicted octanol–water partition coefficient (Wildman–Crippen LogP) is 3.28. The van der Waals surface area contributed by atoms with E-state index in [2.05, 4.69) is 17.4 Å². The Hall–Kier alpha value is -1.74. The largest absolute Gasteiger partial charge is 0.316 e. The maximum absolute atomic E-state index is 12.9. The van der Waals surface area contributed by atoms with Crippen LogP contribution in [-0.2, 0) is 6.42 Å². The monoisotopic (exact) mass is 270 g/mol. The van der Waals surface area contributed by atoms with Crippen molar-refractivity contribution in [2.24, 2.45) is 0 Å². The van der Waals surface area contributed by atoms with Crippen LogP contribution in [-0.4, -0.2) is 18.1 Å². The molecule has 0 bridgehead atoms. The zero-order valence-electron chi connectivity index (χ0n) is 11.5. The van der Waals surface area contributed by atoms with E-state index in [0.717, 1.165) is 30.8 Å². The number of nitrogens with zero attached hydrogens (tertiary/aromatic N) is 1. The van der Waals surface area contributed by atoms with Crippen LogP contribution >= 0.6 is 0 Å². The second kappa shape index (κ2) is 6.14. The van der Waals surface area contributed by atoms with Crippen LogP contribution in [0.25, 0.3) is 0 Å². The standard InChI is InChI=1S/C17H19FN2/c18-15-8-6-13(7-9-15)11-16-4-1-5-17(20-16)14-3-2-10-19-12-14/h1,4-9,14,19H,2-3,10-12H2/t14-/m1/s1. The fraction of sp³-hybridized carbons (Fsp3) is 0.353. The first kappa shape index (κ1) is 13.3. The number of hydrogen-bond acceptors (Lipinski definition) is 2. The quantitative estimate of drug-likeness (QED) is 0.926. The number of piperidine rings is 1. The minimum atomic E-state index is -0.191. The summed E-state index contributed by atoms with van der Waals surface area (Å²) in [5.74, 6) is 0.334.